The normalized spacial score (nSPS) is 11.5. The summed E-state index contributed by atoms with van der Waals surface area (Å²) in [6, 6.07) is 6.56. The van der Waals surface area contributed by atoms with E-state index in [0.717, 1.165) is 11.6 Å². The van der Waals surface area contributed by atoms with Crippen molar-refractivity contribution in [1.82, 2.24) is 19.3 Å². The zero-order valence-corrected chi connectivity index (χ0v) is 22.5. The Kier molecular flexibility index (Phi) is 6.89. The van der Waals surface area contributed by atoms with E-state index in [1.54, 1.807) is 24.3 Å². The summed E-state index contributed by atoms with van der Waals surface area (Å²) in [5.74, 6) is 2.84. The first-order chi connectivity index (χ1) is 15.5. The van der Waals surface area contributed by atoms with Crippen molar-refractivity contribution in [3.05, 3.63) is 77.7 Å². The van der Waals surface area contributed by atoms with Gasteiger partial charge in [0.2, 0.25) is 0 Å². The van der Waals surface area contributed by atoms with Crippen molar-refractivity contribution in [1.29, 1.82) is 0 Å². The first kappa shape index (κ1) is 24.6. The van der Waals surface area contributed by atoms with Gasteiger partial charge in [0, 0.05) is 23.9 Å². The second kappa shape index (κ2) is 9.25. The molecule has 172 valence electrons. The molecule has 0 radical (unpaired) electrons. The van der Waals surface area contributed by atoms with Crippen molar-refractivity contribution in [3.63, 3.8) is 0 Å². The maximum Gasteiger partial charge on any atom is 0.316 e. The van der Waals surface area contributed by atoms with Crippen LogP contribution in [0.1, 0.15) is 23.3 Å². The van der Waals surface area contributed by atoms with Crippen molar-refractivity contribution < 1.29 is 9.36 Å². The molecule has 0 N–H and O–H groups in total. The Bertz CT molecular complexity index is 1260. The Labute approximate surface area is 220 Å². The summed E-state index contributed by atoms with van der Waals surface area (Å²) < 4.78 is 7.41. The molecule has 6 nitrogen and oxygen atoms in total. The van der Waals surface area contributed by atoms with Crippen molar-refractivity contribution >= 4 is 69.6 Å². The molecule has 0 unspecified atom stereocenters. The number of aromatic nitrogens is 6. The van der Waals surface area contributed by atoms with E-state index < -0.39 is 0 Å². The fraction of sp³-hybridized carbons (Fsp3) is 0.238. The Morgan fingerprint density at radius 1 is 0.636 bits per heavy atom. The van der Waals surface area contributed by atoms with Crippen LogP contribution < -0.4 is 9.36 Å². The van der Waals surface area contributed by atoms with Gasteiger partial charge in [0.1, 0.15) is 31.9 Å². The summed E-state index contributed by atoms with van der Waals surface area (Å²) >= 11 is 38.4. The molecule has 0 amide bonds. The molecule has 0 atom stereocenters. The lowest BCUT2D eigenvalue weighted by molar-refractivity contribution is -0.751. The quantitative estimate of drug-likeness (QED) is 0.292. The molecular formula is C21H18Cl6N6+2. The highest BCUT2D eigenvalue weighted by molar-refractivity contribution is 6.41. The molecule has 0 fully saturated rings. The largest absolute Gasteiger partial charge is 0.316 e. The van der Waals surface area contributed by atoms with Crippen molar-refractivity contribution in [2.75, 3.05) is 0 Å². The number of rotatable bonds is 4. The number of hydrogen-bond donors (Lipinski definition) is 0. The second-order valence-electron chi connectivity index (χ2n) is 7.43. The Balaban J connectivity index is 1.92. The van der Waals surface area contributed by atoms with E-state index in [4.69, 9.17) is 79.6 Å². The van der Waals surface area contributed by atoms with Crippen molar-refractivity contribution in [3.8, 4) is 11.4 Å². The minimum Gasteiger partial charge on any atom is -0.152 e. The molecule has 0 saturated carbocycles. The topological polar surface area (TPSA) is 43.4 Å². The Morgan fingerprint density at radius 2 is 0.939 bits per heavy atom. The number of hydrogen-bond acceptors (Lipinski definition) is 2. The molecule has 2 aromatic heterocycles. The van der Waals surface area contributed by atoms with Gasteiger partial charge in [-0.25, -0.2) is 0 Å². The van der Waals surface area contributed by atoms with Crippen LogP contribution in [0.2, 0.25) is 30.1 Å². The van der Waals surface area contributed by atoms with E-state index in [-0.39, 0.29) is 0 Å². The van der Waals surface area contributed by atoms with Gasteiger partial charge in [0.05, 0.1) is 20.1 Å². The van der Waals surface area contributed by atoms with Crippen LogP contribution in [-0.2, 0) is 20.5 Å². The van der Waals surface area contributed by atoms with E-state index in [9.17, 15) is 0 Å². The summed E-state index contributed by atoms with van der Waals surface area (Å²) in [7, 11) is 3.75. The minimum absolute atomic E-state index is 0.327. The molecule has 0 bridgehead atoms. The SMILES string of the molecule is Cc1nc(Cc2nc(C)[n+](C)n2-c2c(Cl)cc(Cl)cc2Cl)n(-c2c(Cl)cc(Cl)cc2Cl)[n+]1C. The molecule has 2 aromatic carbocycles. The van der Waals surface area contributed by atoms with Gasteiger partial charge in [0.25, 0.3) is 11.6 Å². The van der Waals surface area contributed by atoms with Crippen LogP contribution in [0, 0.1) is 13.8 Å². The number of halogens is 6. The molecule has 4 aromatic rings. The summed E-state index contributed by atoms with van der Waals surface area (Å²) in [6.07, 6.45) is 0.327. The van der Waals surface area contributed by atoms with E-state index >= 15 is 0 Å². The third-order valence-corrected chi connectivity index (χ3v) is 6.90. The van der Waals surface area contributed by atoms with Gasteiger partial charge in [-0.3, -0.25) is 0 Å². The predicted molar refractivity (Wildman–Crippen MR) is 132 cm³/mol. The maximum atomic E-state index is 6.54. The zero-order chi connectivity index (χ0) is 24.2. The van der Waals surface area contributed by atoms with E-state index in [0.29, 0.717) is 59.6 Å². The predicted octanol–water partition coefficient (Wildman–Crippen LogP) is 5.84. The van der Waals surface area contributed by atoms with Gasteiger partial charge in [0.15, 0.2) is 0 Å². The first-order valence-electron chi connectivity index (χ1n) is 9.68. The van der Waals surface area contributed by atoms with E-state index in [2.05, 4.69) is 0 Å². The van der Waals surface area contributed by atoms with Crippen LogP contribution in [0.3, 0.4) is 0 Å². The fourth-order valence-electron chi connectivity index (χ4n) is 3.65. The Hall–Kier alpha value is -1.54. The molecule has 0 aliphatic rings. The van der Waals surface area contributed by atoms with Crippen LogP contribution in [0.5, 0.6) is 0 Å². The molecule has 0 saturated heterocycles. The highest BCUT2D eigenvalue weighted by Crippen LogP contribution is 2.34. The summed E-state index contributed by atoms with van der Waals surface area (Å²) in [5, 5.41) is 2.48. The first-order valence-corrected chi connectivity index (χ1v) is 11.9. The number of aryl methyl sites for hydroxylation is 2. The molecule has 2 heterocycles. The minimum atomic E-state index is 0.327. The smallest absolute Gasteiger partial charge is 0.152 e. The highest BCUT2D eigenvalue weighted by Gasteiger charge is 2.32. The summed E-state index contributed by atoms with van der Waals surface area (Å²) in [4.78, 5) is 9.49. The zero-order valence-electron chi connectivity index (χ0n) is 18.0. The van der Waals surface area contributed by atoms with E-state index in [1.807, 2.05) is 46.7 Å². The average Bonchev–Trinajstić information content (AvgIpc) is 3.11. The molecule has 12 heteroatoms. The molecule has 4 rings (SSSR count). The molecule has 0 aliphatic heterocycles. The molecule has 33 heavy (non-hydrogen) atoms. The van der Waals surface area contributed by atoms with Gasteiger partial charge in [-0.2, -0.15) is 9.36 Å². The van der Waals surface area contributed by atoms with Gasteiger partial charge < -0.3 is 0 Å². The fourth-order valence-corrected chi connectivity index (χ4v) is 5.61. The van der Waals surface area contributed by atoms with Gasteiger partial charge in [-0.15, -0.1) is 9.36 Å². The number of benzene rings is 2. The second-order valence-corrected chi connectivity index (χ2v) is 9.94. The molecule has 0 spiro atoms. The monoisotopic (exact) mass is 564 g/mol. The number of nitrogens with zero attached hydrogens (tertiary/aromatic N) is 6. The van der Waals surface area contributed by atoms with Crippen LogP contribution in [0.4, 0.5) is 0 Å². The lowest BCUT2D eigenvalue weighted by Crippen LogP contribution is -2.42. The van der Waals surface area contributed by atoms with Gasteiger partial charge in [-0.1, -0.05) is 69.6 Å². The third-order valence-electron chi connectivity index (χ3n) is 5.31. The van der Waals surface area contributed by atoms with Crippen LogP contribution in [0.25, 0.3) is 11.4 Å². The Morgan fingerprint density at radius 3 is 1.24 bits per heavy atom. The van der Waals surface area contributed by atoms with Crippen LogP contribution in [0.15, 0.2) is 24.3 Å². The van der Waals surface area contributed by atoms with Crippen molar-refractivity contribution in [2.45, 2.75) is 20.3 Å². The summed E-state index contributed by atoms with van der Waals surface area (Å²) in [6.45, 7) is 3.78. The third kappa shape index (κ3) is 4.45. The summed E-state index contributed by atoms with van der Waals surface area (Å²) in [5.41, 5.74) is 1.14. The van der Waals surface area contributed by atoms with Crippen LogP contribution in [-0.4, -0.2) is 19.3 Å². The standard InChI is InChI=1S/C21H18Cl6N6/c1-10-28-18(32(30(10)3)20-14(24)5-12(22)6-15(20)25)9-19-29-11(2)31(4)33(19)21-16(26)7-13(23)8-17(21)27/h5-8H,9H2,1-4H3/q+2. The lowest BCUT2D eigenvalue weighted by Gasteiger charge is -2.11. The lowest BCUT2D eigenvalue weighted by atomic mass is 10.3. The van der Waals surface area contributed by atoms with Gasteiger partial charge >= 0.3 is 11.6 Å². The average molecular weight is 567 g/mol. The molecular weight excluding hydrogens is 549 g/mol. The highest BCUT2D eigenvalue weighted by atomic mass is 35.5. The molecule has 0 aliphatic carbocycles. The maximum absolute atomic E-state index is 6.54. The van der Waals surface area contributed by atoms with Gasteiger partial charge in [-0.05, 0) is 34.2 Å². The van der Waals surface area contributed by atoms with Crippen LogP contribution >= 0.6 is 69.6 Å². The van der Waals surface area contributed by atoms with Crippen molar-refractivity contribution in [2.24, 2.45) is 14.1 Å². The van der Waals surface area contributed by atoms with E-state index in [1.165, 1.54) is 0 Å².